The highest BCUT2D eigenvalue weighted by atomic mass is 16.6. The van der Waals surface area contributed by atoms with Crippen LogP contribution in [0.1, 0.15) is 13.3 Å². The first-order valence-corrected chi connectivity index (χ1v) is 17.6. The van der Waals surface area contributed by atoms with E-state index in [0.29, 0.717) is 6.42 Å². The molecule has 54 heavy (non-hydrogen) atoms. The average Bonchev–Trinajstić information content (AvgIpc) is 3.17. The molecule has 0 saturated heterocycles. The summed E-state index contributed by atoms with van der Waals surface area (Å²) in [7, 11) is 0. The Kier molecular flexibility index (Phi) is 33.5. The largest absolute Gasteiger partial charge is 0.394 e. The molecule has 19 heteroatoms. The van der Waals surface area contributed by atoms with Crippen LogP contribution in [0.5, 0.6) is 0 Å². The van der Waals surface area contributed by atoms with Crippen molar-refractivity contribution in [3.8, 4) is 24.7 Å². The lowest BCUT2D eigenvalue weighted by molar-refractivity contribution is -0.180. The zero-order chi connectivity index (χ0) is 40.5. The van der Waals surface area contributed by atoms with E-state index in [1.807, 2.05) is 6.92 Å². The second-order valence-corrected chi connectivity index (χ2v) is 12.4. The third-order valence-corrected chi connectivity index (χ3v) is 7.22. The number of aliphatic hydroxyl groups excluding tert-OH is 9. The fourth-order valence-corrected chi connectivity index (χ4v) is 4.11. The molecule has 0 rings (SSSR count). The van der Waals surface area contributed by atoms with Crippen molar-refractivity contribution in [2.24, 2.45) is 5.41 Å². The summed E-state index contributed by atoms with van der Waals surface area (Å²) >= 11 is 0. The Hall–Kier alpha value is -1.64. The normalized spacial score (nSPS) is 17.4. The molecule has 9 unspecified atom stereocenters. The molecule has 0 spiro atoms. The summed E-state index contributed by atoms with van der Waals surface area (Å²) in [6, 6.07) is 0. The molecule has 0 aromatic carbocycles. The van der Waals surface area contributed by atoms with Gasteiger partial charge in [-0.1, -0.05) is 18.8 Å². The van der Waals surface area contributed by atoms with E-state index < -0.39 is 74.3 Å². The molecule has 0 amide bonds. The molecule has 0 aromatic rings. The van der Waals surface area contributed by atoms with Gasteiger partial charge in [-0.05, 0) is 6.42 Å². The van der Waals surface area contributed by atoms with Crippen LogP contribution in [0.3, 0.4) is 0 Å². The minimum Gasteiger partial charge on any atom is -0.394 e. The van der Waals surface area contributed by atoms with Crippen LogP contribution >= 0.6 is 0 Å². The number of terminal acetylenes is 2. The van der Waals surface area contributed by atoms with Gasteiger partial charge in [0.25, 0.3) is 0 Å². The van der Waals surface area contributed by atoms with Crippen LogP contribution in [0.25, 0.3) is 0 Å². The van der Waals surface area contributed by atoms with Crippen molar-refractivity contribution < 1.29 is 93.3 Å². The Morgan fingerprint density at radius 3 is 1.30 bits per heavy atom. The highest BCUT2D eigenvalue weighted by Crippen LogP contribution is 2.25. The SMILES string of the molecule is C#CCOCC(O)COCC(CC)(COCC(O)COCC(O)CO)COCC(COCC(COCC#C)OCC(O)CO)OCC(O)OCC(O)CO. The fourth-order valence-electron chi connectivity index (χ4n) is 4.11. The van der Waals surface area contributed by atoms with Crippen molar-refractivity contribution in [3.05, 3.63) is 0 Å². The number of ether oxygens (including phenoxy) is 10. The van der Waals surface area contributed by atoms with Gasteiger partial charge in [-0.3, -0.25) is 0 Å². The van der Waals surface area contributed by atoms with E-state index in [2.05, 4.69) is 11.8 Å². The van der Waals surface area contributed by atoms with Gasteiger partial charge in [-0.15, -0.1) is 12.8 Å². The first-order valence-electron chi connectivity index (χ1n) is 17.6. The monoisotopic (exact) mass is 788 g/mol. The lowest BCUT2D eigenvalue weighted by Gasteiger charge is -2.33. The first kappa shape index (κ1) is 52.4. The molecule has 0 aliphatic carbocycles. The number of aliphatic hydroxyl groups is 9. The third-order valence-electron chi connectivity index (χ3n) is 7.22. The van der Waals surface area contributed by atoms with Gasteiger partial charge in [0.1, 0.15) is 55.9 Å². The highest BCUT2D eigenvalue weighted by molar-refractivity contribution is 4.84. The predicted octanol–water partition coefficient (Wildman–Crippen LogP) is -4.35. The zero-order valence-electron chi connectivity index (χ0n) is 31.2. The van der Waals surface area contributed by atoms with Crippen LogP contribution in [0.4, 0.5) is 0 Å². The van der Waals surface area contributed by atoms with E-state index in [9.17, 15) is 30.6 Å². The third kappa shape index (κ3) is 28.7. The van der Waals surface area contributed by atoms with Crippen LogP contribution in [0, 0.1) is 30.1 Å². The highest BCUT2D eigenvalue weighted by Gasteiger charge is 2.31. The summed E-state index contributed by atoms with van der Waals surface area (Å²) in [6.45, 7) is -1.13. The van der Waals surface area contributed by atoms with Crippen LogP contribution < -0.4 is 0 Å². The summed E-state index contributed by atoms with van der Waals surface area (Å²) in [5.74, 6) is 4.65. The first-order chi connectivity index (χ1) is 26.0. The lowest BCUT2D eigenvalue weighted by atomic mass is 9.88. The molecule has 19 nitrogen and oxygen atoms in total. The van der Waals surface area contributed by atoms with Crippen LogP contribution in [-0.2, 0) is 47.4 Å². The summed E-state index contributed by atoms with van der Waals surface area (Å²) in [4.78, 5) is 0. The van der Waals surface area contributed by atoms with E-state index in [1.165, 1.54) is 0 Å². The van der Waals surface area contributed by atoms with Crippen molar-refractivity contribution in [1.82, 2.24) is 0 Å². The second kappa shape index (κ2) is 34.6. The topological polar surface area (TPSA) is 274 Å². The molecule has 318 valence electrons. The molecule has 0 heterocycles. The van der Waals surface area contributed by atoms with Gasteiger partial charge >= 0.3 is 0 Å². The quantitative estimate of drug-likeness (QED) is 0.0162. The molecule has 0 aromatic heterocycles. The van der Waals surface area contributed by atoms with Crippen molar-refractivity contribution in [2.45, 2.75) is 62.4 Å². The molecular formula is C35H64O19. The molecular weight excluding hydrogens is 724 g/mol. The molecule has 9 N–H and O–H groups in total. The van der Waals surface area contributed by atoms with Crippen molar-refractivity contribution >= 4 is 0 Å². The van der Waals surface area contributed by atoms with Crippen molar-refractivity contribution in [1.29, 1.82) is 0 Å². The van der Waals surface area contributed by atoms with Crippen LogP contribution in [0.15, 0.2) is 0 Å². The Morgan fingerprint density at radius 1 is 0.444 bits per heavy atom. The van der Waals surface area contributed by atoms with E-state index in [1.54, 1.807) is 0 Å². The Balaban J connectivity index is 5.61. The summed E-state index contributed by atoms with van der Waals surface area (Å²) in [5, 5.41) is 86.4. The molecule has 0 saturated carbocycles. The maximum atomic E-state index is 10.3. The lowest BCUT2D eigenvalue weighted by Crippen LogP contribution is -2.40. The van der Waals surface area contributed by atoms with Crippen molar-refractivity contribution in [2.75, 3.05) is 132 Å². The van der Waals surface area contributed by atoms with Gasteiger partial charge in [0.15, 0.2) is 6.29 Å². The van der Waals surface area contributed by atoms with Crippen molar-refractivity contribution in [3.63, 3.8) is 0 Å². The Labute approximate surface area is 317 Å². The molecule has 9 atom stereocenters. The van der Waals surface area contributed by atoms with E-state index >= 15 is 0 Å². The summed E-state index contributed by atoms with van der Waals surface area (Å²) in [5.41, 5.74) is -0.803. The minimum absolute atomic E-state index is 0.0114. The molecule has 0 fully saturated rings. The van der Waals surface area contributed by atoms with E-state index in [4.69, 9.17) is 75.5 Å². The van der Waals surface area contributed by atoms with Gasteiger partial charge in [0.05, 0.1) is 119 Å². The maximum absolute atomic E-state index is 10.3. The van der Waals surface area contributed by atoms with Gasteiger partial charge in [0, 0.05) is 5.41 Å². The predicted molar refractivity (Wildman–Crippen MR) is 189 cm³/mol. The van der Waals surface area contributed by atoms with Gasteiger partial charge in [-0.25, -0.2) is 0 Å². The maximum Gasteiger partial charge on any atom is 0.178 e. The molecule has 0 radical (unpaired) electrons. The van der Waals surface area contributed by atoms with E-state index in [0.717, 1.165) is 0 Å². The number of hydrogen-bond donors (Lipinski definition) is 9. The molecule has 0 aliphatic heterocycles. The average molecular weight is 789 g/mol. The molecule has 0 aliphatic rings. The van der Waals surface area contributed by atoms with E-state index in [-0.39, 0.29) is 112 Å². The van der Waals surface area contributed by atoms with Crippen LogP contribution in [0.2, 0.25) is 0 Å². The van der Waals surface area contributed by atoms with Gasteiger partial charge in [0.2, 0.25) is 0 Å². The second-order valence-electron chi connectivity index (χ2n) is 12.4. The summed E-state index contributed by atoms with van der Waals surface area (Å²) < 4.78 is 55.7. The Morgan fingerprint density at radius 2 is 0.796 bits per heavy atom. The number of rotatable bonds is 39. The Bertz CT molecular complexity index is 935. The van der Waals surface area contributed by atoms with Crippen LogP contribution in [-0.4, -0.2) is 227 Å². The minimum atomic E-state index is -1.46. The fraction of sp³-hybridized carbons (Fsp3) is 0.886. The van der Waals surface area contributed by atoms with Gasteiger partial charge < -0.3 is 93.3 Å². The zero-order valence-corrected chi connectivity index (χ0v) is 31.2. The standard InChI is InChI=1S/C35H64O19/c1-4-7-45-13-30(42)15-49-24-35(6-3,25-50-16-31(43)14-47-12-27(39)9-36)26-51-22-33(53-23-34(44)54-18-29(41)11-38)21-48-20-32(19-46-8-5-2)52-17-28(40)10-37/h1-2,27-34,36-44H,6-26H2,3H3. The smallest absolute Gasteiger partial charge is 0.178 e. The molecule has 0 bridgehead atoms. The number of hydrogen-bond acceptors (Lipinski definition) is 19. The van der Waals surface area contributed by atoms with Gasteiger partial charge in [-0.2, -0.15) is 0 Å². The summed E-state index contributed by atoms with van der Waals surface area (Å²) in [6.07, 6.45) is 2.56.